The van der Waals surface area contributed by atoms with Crippen LogP contribution >= 0.6 is 43.2 Å². The first kappa shape index (κ1) is 17.4. The molecule has 0 N–H and O–H groups in total. The standard InChI is InChI=1S/C15H13Br2N3O3S/c16-12-9-13(24-14(12)17)15(21)19-7-5-18(6-8-19)10-1-3-11(4-2-10)20(22)23/h1-4,9H,5-8H2. The number of piperazine rings is 1. The normalized spacial score (nSPS) is 14.8. The molecule has 1 fully saturated rings. The molecule has 1 aromatic carbocycles. The van der Waals surface area contributed by atoms with Crippen LogP contribution in [0.4, 0.5) is 11.4 Å². The zero-order valence-electron chi connectivity index (χ0n) is 12.4. The zero-order chi connectivity index (χ0) is 17.3. The van der Waals surface area contributed by atoms with E-state index >= 15 is 0 Å². The van der Waals surface area contributed by atoms with E-state index in [9.17, 15) is 14.9 Å². The van der Waals surface area contributed by atoms with Gasteiger partial charge in [0.25, 0.3) is 11.6 Å². The second kappa shape index (κ2) is 7.20. The van der Waals surface area contributed by atoms with Gasteiger partial charge in [0, 0.05) is 48.5 Å². The summed E-state index contributed by atoms with van der Waals surface area (Å²) in [5.41, 5.74) is 1.02. The quantitative estimate of drug-likeness (QED) is 0.495. The molecule has 1 aromatic heterocycles. The predicted octanol–water partition coefficient (Wildman–Crippen LogP) is 4.14. The number of non-ortho nitro benzene ring substituents is 1. The second-order valence-corrected chi connectivity index (χ2v) is 8.51. The molecular formula is C15H13Br2N3O3S. The highest BCUT2D eigenvalue weighted by molar-refractivity contribution is 9.13. The number of thiophene rings is 1. The minimum Gasteiger partial charge on any atom is -0.368 e. The number of nitrogens with zero attached hydrogens (tertiary/aromatic N) is 3. The Morgan fingerprint density at radius 3 is 2.25 bits per heavy atom. The smallest absolute Gasteiger partial charge is 0.269 e. The number of benzene rings is 1. The molecule has 24 heavy (non-hydrogen) atoms. The molecule has 0 saturated carbocycles. The molecule has 1 aliphatic heterocycles. The minimum absolute atomic E-state index is 0.0368. The van der Waals surface area contributed by atoms with Crippen LogP contribution in [0.5, 0.6) is 0 Å². The van der Waals surface area contributed by atoms with E-state index in [1.165, 1.54) is 23.5 Å². The molecule has 0 radical (unpaired) electrons. The Bertz CT molecular complexity index is 751. The molecule has 0 aliphatic carbocycles. The molecule has 1 aliphatic rings. The summed E-state index contributed by atoms with van der Waals surface area (Å²) >= 11 is 8.23. The highest BCUT2D eigenvalue weighted by atomic mass is 79.9. The van der Waals surface area contributed by atoms with Crippen molar-refractivity contribution in [1.29, 1.82) is 0 Å². The lowest BCUT2D eigenvalue weighted by atomic mass is 10.2. The van der Waals surface area contributed by atoms with Crippen LogP contribution < -0.4 is 4.90 Å². The maximum Gasteiger partial charge on any atom is 0.269 e. The largest absolute Gasteiger partial charge is 0.368 e. The maximum atomic E-state index is 12.5. The number of carbonyl (C=O) groups is 1. The Morgan fingerprint density at radius 1 is 1.12 bits per heavy atom. The highest BCUT2D eigenvalue weighted by Gasteiger charge is 2.24. The highest BCUT2D eigenvalue weighted by Crippen LogP contribution is 2.33. The van der Waals surface area contributed by atoms with Crippen LogP contribution in [-0.2, 0) is 0 Å². The molecular weight excluding hydrogens is 462 g/mol. The fourth-order valence-corrected chi connectivity index (χ4v) is 4.56. The number of amides is 1. The number of halogens is 2. The fourth-order valence-electron chi connectivity index (χ4n) is 2.56. The number of nitro benzene ring substituents is 1. The SMILES string of the molecule is O=C(c1cc(Br)c(Br)s1)N1CCN(c2ccc([N+](=O)[O-])cc2)CC1. The van der Waals surface area contributed by atoms with Crippen molar-refractivity contribution in [3.05, 3.63) is 53.6 Å². The van der Waals surface area contributed by atoms with Crippen molar-refractivity contribution in [3.63, 3.8) is 0 Å². The van der Waals surface area contributed by atoms with Crippen molar-refractivity contribution in [2.45, 2.75) is 0 Å². The molecule has 0 spiro atoms. The van der Waals surface area contributed by atoms with Gasteiger partial charge >= 0.3 is 0 Å². The van der Waals surface area contributed by atoms with E-state index < -0.39 is 4.92 Å². The second-order valence-electron chi connectivity index (χ2n) is 5.29. The van der Waals surface area contributed by atoms with E-state index in [0.717, 1.165) is 13.9 Å². The number of anilines is 1. The zero-order valence-corrected chi connectivity index (χ0v) is 16.4. The van der Waals surface area contributed by atoms with Crippen LogP contribution in [0.3, 0.4) is 0 Å². The molecule has 0 atom stereocenters. The average Bonchev–Trinajstić information content (AvgIpc) is 2.93. The topological polar surface area (TPSA) is 66.7 Å². The van der Waals surface area contributed by atoms with Crippen LogP contribution in [0.2, 0.25) is 0 Å². The van der Waals surface area contributed by atoms with Gasteiger partial charge in [0.15, 0.2) is 0 Å². The molecule has 3 rings (SSSR count). The van der Waals surface area contributed by atoms with E-state index in [4.69, 9.17) is 0 Å². The van der Waals surface area contributed by atoms with Crippen molar-refractivity contribution >= 4 is 60.5 Å². The third-order valence-corrected chi connectivity index (χ3v) is 7.09. The molecule has 1 amide bonds. The molecule has 9 heteroatoms. The Kier molecular flexibility index (Phi) is 5.21. The van der Waals surface area contributed by atoms with E-state index in [1.807, 2.05) is 11.0 Å². The summed E-state index contributed by atoms with van der Waals surface area (Å²) in [5, 5.41) is 10.7. The van der Waals surface area contributed by atoms with E-state index in [-0.39, 0.29) is 11.6 Å². The van der Waals surface area contributed by atoms with Gasteiger partial charge < -0.3 is 9.80 Å². The third kappa shape index (κ3) is 3.62. The number of hydrogen-bond acceptors (Lipinski definition) is 5. The van der Waals surface area contributed by atoms with Gasteiger partial charge in [-0.15, -0.1) is 11.3 Å². The molecule has 2 aromatic rings. The van der Waals surface area contributed by atoms with Gasteiger partial charge in [-0.25, -0.2) is 0 Å². The monoisotopic (exact) mass is 473 g/mol. The molecule has 126 valence electrons. The van der Waals surface area contributed by atoms with Crippen molar-refractivity contribution in [1.82, 2.24) is 4.90 Å². The van der Waals surface area contributed by atoms with E-state index in [2.05, 4.69) is 36.8 Å². The van der Waals surface area contributed by atoms with Gasteiger partial charge in [-0.05, 0) is 50.1 Å². The van der Waals surface area contributed by atoms with Gasteiger partial charge in [-0.1, -0.05) is 0 Å². The van der Waals surface area contributed by atoms with Crippen molar-refractivity contribution in [3.8, 4) is 0 Å². The molecule has 2 heterocycles. The molecule has 0 bridgehead atoms. The average molecular weight is 475 g/mol. The molecule has 0 unspecified atom stereocenters. The summed E-state index contributed by atoms with van der Waals surface area (Å²) in [4.78, 5) is 27.5. The summed E-state index contributed by atoms with van der Waals surface area (Å²) in [6.45, 7) is 2.67. The van der Waals surface area contributed by atoms with Crippen molar-refractivity contribution in [2.75, 3.05) is 31.1 Å². The third-order valence-electron chi connectivity index (χ3n) is 3.85. The Morgan fingerprint density at radius 2 is 1.75 bits per heavy atom. The summed E-state index contributed by atoms with van der Waals surface area (Å²) in [5.74, 6) is 0.0368. The van der Waals surface area contributed by atoms with Crippen molar-refractivity contribution < 1.29 is 9.72 Å². The summed E-state index contributed by atoms with van der Waals surface area (Å²) in [6, 6.07) is 8.35. The summed E-state index contributed by atoms with van der Waals surface area (Å²) < 4.78 is 1.80. The van der Waals surface area contributed by atoms with Gasteiger partial charge in [0.2, 0.25) is 0 Å². The van der Waals surface area contributed by atoms with Gasteiger partial charge in [0.05, 0.1) is 13.6 Å². The Balaban J connectivity index is 1.63. The fraction of sp³-hybridized carbons (Fsp3) is 0.267. The molecule has 1 saturated heterocycles. The first-order valence-corrected chi connectivity index (χ1v) is 9.59. The minimum atomic E-state index is -0.405. The van der Waals surface area contributed by atoms with E-state index in [1.54, 1.807) is 12.1 Å². The first-order chi connectivity index (χ1) is 11.5. The first-order valence-electron chi connectivity index (χ1n) is 7.19. The number of hydrogen-bond donors (Lipinski definition) is 0. The number of rotatable bonds is 3. The maximum absolute atomic E-state index is 12.5. The van der Waals surface area contributed by atoms with Crippen LogP contribution in [0.1, 0.15) is 9.67 Å². The Hall–Kier alpha value is -1.45. The lowest BCUT2D eigenvalue weighted by Crippen LogP contribution is -2.48. The van der Waals surface area contributed by atoms with Crippen LogP contribution in [0.25, 0.3) is 0 Å². The summed E-state index contributed by atoms with van der Waals surface area (Å²) in [6.07, 6.45) is 0. The number of nitro groups is 1. The lowest BCUT2D eigenvalue weighted by Gasteiger charge is -2.35. The summed E-state index contributed by atoms with van der Waals surface area (Å²) in [7, 11) is 0. The number of carbonyl (C=O) groups excluding carboxylic acids is 1. The van der Waals surface area contributed by atoms with Gasteiger partial charge in [-0.2, -0.15) is 0 Å². The van der Waals surface area contributed by atoms with E-state index in [0.29, 0.717) is 31.1 Å². The predicted molar refractivity (Wildman–Crippen MR) is 101 cm³/mol. The molecule has 6 nitrogen and oxygen atoms in total. The van der Waals surface area contributed by atoms with Crippen LogP contribution in [0, 0.1) is 10.1 Å². The lowest BCUT2D eigenvalue weighted by molar-refractivity contribution is -0.384. The van der Waals surface area contributed by atoms with Crippen LogP contribution in [0.15, 0.2) is 38.6 Å². The van der Waals surface area contributed by atoms with Crippen molar-refractivity contribution in [2.24, 2.45) is 0 Å². The van der Waals surface area contributed by atoms with Crippen LogP contribution in [-0.4, -0.2) is 41.9 Å². The van der Waals surface area contributed by atoms with Gasteiger partial charge in [-0.3, -0.25) is 14.9 Å². The van der Waals surface area contributed by atoms with Gasteiger partial charge in [0.1, 0.15) is 0 Å². The Labute approximate surface area is 159 Å².